The van der Waals surface area contributed by atoms with E-state index < -0.39 is 0 Å². The topological polar surface area (TPSA) is 73.1 Å². The van der Waals surface area contributed by atoms with E-state index in [0.29, 0.717) is 11.7 Å². The number of ether oxygens (including phenoxy) is 1. The molecule has 0 saturated heterocycles. The van der Waals surface area contributed by atoms with Gasteiger partial charge in [-0.15, -0.1) is 0 Å². The van der Waals surface area contributed by atoms with Crippen molar-refractivity contribution in [2.45, 2.75) is 20.3 Å². The minimum atomic E-state index is 0.524. The van der Waals surface area contributed by atoms with E-state index in [0.717, 1.165) is 27.8 Å². The van der Waals surface area contributed by atoms with E-state index in [2.05, 4.69) is 31.3 Å². The van der Waals surface area contributed by atoms with Crippen LogP contribution >= 0.6 is 15.9 Å². The molecule has 1 aromatic heterocycles. The molecule has 100 valence electrons. The van der Waals surface area contributed by atoms with Gasteiger partial charge in [0.25, 0.3) is 0 Å². The van der Waals surface area contributed by atoms with E-state index in [1.165, 1.54) is 6.33 Å². The molecule has 0 aliphatic rings. The second kappa shape index (κ2) is 5.99. The lowest BCUT2D eigenvalue weighted by Crippen LogP contribution is -2.12. The Labute approximate surface area is 120 Å². The first kappa shape index (κ1) is 13.8. The number of nitrogens with one attached hydrogen (secondary N) is 1. The summed E-state index contributed by atoms with van der Waals surface area (Å²) in [6.45, 7) is 3.98. The summed E-state index contributed by atoms with van der Waals surface area (Å²) in [5.41, 5.74) is 4.44. The first-order valence-electron chi connectivity index (χ1n) is 5.90. The number of rotatable bonds is 4. The average molecular weight is 323 g/mol. The van der Waals surface area contributed by atoms with Gasteiger partial charge in [0.05, 0.1) is 5.56 Å². The highest BCUT2D eigenvalue weighted by atomic mass is 79.9. The van der Waals surface area contributed by atoms with Crippen LogP contribution in [0.15, 0.2) is 29.0 Å². The zero-order valence-electron chi connectivity index (χ0n) is 10.8. The molecule has 5 nitrogen and oxygen atoms in total. The highest BCUT2D eigenvalue weighted by Gasteiger charge is 2.12. The number of nitrogens with zero attached hydrogens (tertiary/aromatic N) is 2. The molecule has 0 bridgehead atoms. The Morgan fingerprint density at radius 2 is 2.16 bits per heavy atom. The summed E-state index contributed by atoms with van der Waals surface area (Å²) in [7, 11) is 0. The van der Waals surface area contributed by atoms with Gasteiger partial charge in [0.15, 0.2) is 0 Å². The Kier molecular flexibility index (Phi) is 4.34. The summed E-state index contributed by atoms with van der Waals surface area (Å²) in [6, 6.07) is 5.82. The van der Waals surface area contributed by atoms with Crippen LogP contribution in [0.5, 0.6) is 11.6 Å². The molecule has 0 saturated carbocycles. The van der Waals surface area contributed by atoms with Crippen molar-refractivity contribution < 1.29 is 4.74 Å². The van der Waals surface area contributed by atoms with Crippen LogP contribution in [-0.4, -0.2) is 9.97 Å². The molecule has 0 unspecified atom stereocenters. The lowest BCUT2D eigenvalue weighted by Gasteiger charge is -2.13. The van der Waals surface area contributed by atoms with Gasteiger partial charge < -0.3 is 10.2 Å². The Morgan fingerprint density at radius 3 is 2.79 bits per heavy atom. The Bertz CT molecular complexity index is 589. The Hall–Kier alpha value is -1.66. The summed E-state index contributed by atoms with van der Waals surface area (Å²) in [5, 5.41) is 0. The molecule has 0 amide bonds. The van der Waals surface area contributed by atoms with Crippen molar-refractivity contribution in [2.24, 2.45) is 5.84 Å². The molecule has 6 heteroatoms. The van der Waals surface area contributed by atoms with Crippen LogP contribution in [0.25, 0.3) is 0 Å². The number of hydrazine groups is 1. The maximum absolute atomic E-state index is 5.86. The highest BCUT2D eigenvalue weighted by Crippen LogP contribution is 2.30. The van der Waals surface area contributed by atoms with Crippen molar-refractivity contribution in [2.75, 3.05) is 5.43 Å². The van der Waals surface area contributed by atoms with Crippen molar-refractivity contribution in [3.05, 3.63) is 40.1 Å². The van der Waals surface area contributed by atoms with E-state index in [-0.39, 0.29) is 0 Å². The molecule has 0 atom stereocenters. The predicted octanol–water partition coefficient (Wildman–Crippen LogP) is 3.19. The standard InChI is InChI=1S/C13H15BrN4O/c1-3-10-12(18-15)16-7-17-13(10)19-11-5-4-9(14)6-8(11)2/h4-7H,3,15H2,1-2H3,(H,16,17,18). The van der Waals surface area contributed by atoms with E-state index >= 15 is 0 Å². The number of anilines is 1. The van der Waals surface area contributed by atoms with Crippen LogP contribution in [0, 0.1) is 6.92 Å². The van der Waals surface area contributed by atoms with E-state index in [1.54, 1.807) is 0 Å². The van der Waals surface area contributed by atoms with Gasteiger partial charge in [-0.3, -0.25) is 0 Å². The molecule has 0 fully saturated rings. The number of hydrogen-bond acceptors (Lipinski definition) is 5. The maximum atomic E-state index is 5.86. The van der Waals surface area contributed by atoms with Crippen molar-refractivity contribution in [1.29, 1.82) is 0 Å². The van der Waals surface area contributed by atoms with Gasteiger partial charge in [-0.2, -0.15) is 0 Å². The molecule has 0 spiro atoms. The summed E-state index contributed by atoms with van der Waals surface area (Å²) >= 11 is 3.42. The largest absolute Gasteiger partial charge is 0.438 e. The SMILES string of the molecule is CCc1c(NN)ncnc1Oc1ccc(Br)cc1C. The summed E-state index contributed by atoms with van der Waals surface area (Å²) in [4.78, 5) is 8.25. The van der Waals surface area contributed by atoms with E-state index in [1.807, 2.05) is 32.0 Å². The Balaban J connectivity index is 2.37. The summed E-state index contributed by atoms with van der Waals surface area (Å²) < 4.78 is 6.88. The molecule has 1 aromatic carbocycles. The lowest BCUT2D eigenvalue weighted by molar-refractivity contribution is 0.452. The van der Waals surface area contributed by atoms with Crippen molar-refractivity contribution in [3.8, 4) is 11.6 Å². The quantitative estimate of drug-likeness (QED) is 0.668. The third kappa shape index (κ3) is 3.02. The first-order chi connectivity index (χ1) is 9.15. The normalized spacial score (nSPS) is 10.3. The average Bonchev–Trinajstić information content (AvgIpc) is 2.41. The zero-order chi connectivity index (χ0) is 13.8. The minimum absolute atomic E-state index is 0.524. The van der Waals surface area contributed by atoms with Gasteiger partial charge >= 0.3 is 0 Å². The maximum Gasteiger partial charge on any atom is 0.227 e. The van der Waals surface area contributed by atoms with Gasteiger partial charge in [0.2, 0.25) is 5.88 Å². The fourth-order valence-corrected chi connectivity index (χ4v) is 2.23. The van der Waals surface area contributed by atoms with Gasteiger partial charge in [-0.25, -0.2) is 15.8 Å². The molecule has 0 aliphatic carbocycles. The molecule has 1 heterocycles. The van der Waals surface area contributed by atoms with Crippen LogP contribution in [0.2, 0.25) is 0 Å². The third-order valence-electron chi connectivity index (χ3n) is 2.74. The highest BCUT2D eigenvalue weighted by molar-refractivity contribution is 9.10. The molecule has 2 rings (SSSR count). The monoisotopic (exact) mass is 322 g/mol. The predicted molar refractivity (Wildman–Crippen MR) is 78.2 cm³/mol. The van der Waals surface area contributed by atoms with Gasteiger partial charge in [-0.1, -0.05) is 22.9 Å². The van der Waals surface area contributed by atoms with Crippen LogP contribution in [-0.2, 0) is 6.42 Å². The minimum Gasteiger partial charge on any atom is -0.438 e. The third-order valence-corrected chi connectivity index (χ3v) is 3.23. The van der Waals surface area contributed by atoms with Crippen LogP contribution < -0.4 is 16.0 Å². The first-order valence-corrected chi connectivity index (χ1v) is 6.69. The van der Waals surface area contributed by atoms with Crippen molar-refractivity contribution >= 4 is 21.7 Å². The fourth-order valence-electron chi connectivity index (χ4n) is 1.76. The molecule has 2 aromatic rings. The van der Waals surface area contributed by atoms with Crippen LogP contribution in [0.4, 0.5) is 5.82 Å². The lowest BCUT2D eigenvalue weighted by atomic mass is 10.2. The summed E-state index contributed by atoms with van der Waals surface area (Å²) in [6.07, 6.45) is 2.16. The number of nitrogens with two attached hydrogens (primary N) is 1. The number of halogens is 1. The molecule has 3 N–H and O–H groups in total. The van der Waals surface area contributed by atoms with E-state index in [4.69, 9.17) is 10.6 Å². The molecule has 19 heavy (non-hydrogen) atoms. The molecular formula is C13H15BrN4O. The Morgan fingerprint density at radius 1 is 1.37 bits per heavy atom. The summed E-state index contributed by atoms with van der Waals surface area (Å²) in [5.74, 6) is 7.31. The molecule has 0 aliphatic heterocycles. The van der Waals surface area contributed by atoms with E-state index in [9.17, 15) is 0 Å². The second-order valence-corrected chi connectivity index (χ2v) is 4.93. The van der Waals surface area contributed by atoms with Gasteiger partial charge in [-0.05, 0) is 37.1 Å². The number of nitrogen functional groups attached to an aromatic ring is 1. The number of aryl methyl sites for hydroxylation is 1. The smallest absolute Gasteiger partial charge is 0.227 e. The second-order valence-electron chi connectivity index (χ2n) is 4.02. The van der Waals surface area contributed by atoms with Crippen LogP contribution in [0.1, 0.15) is 18.1 Å². The number of hydrogen-bond donors (Lipinski definition) is 2. The number of aromatic nitrogens is 2. The number of benzene rings is 1. The molecule has 0 radical (unpaired) electrons. The fraction of sp³-hybridized carbons (Fsp3) is 0.231. The van der Waals surface area contributed by atoms with Crippen molar-refractivity contribution in [1.82, 2.24) is 9.97 Å². The van der Waals surface area contributed by atoms with Gasteiger partial charge in [0.1, 0.15) is 17.9 Å². The van der Waals surface area contributed by atoms with Crippen molar-refractivity contribution in [3.63, 3.8) is 0 Å². The van der Waals surface area contributed by atoms with Crippen LogP contribution in [0.3, 0.4) is 0 Å². The van der Waals surface area contributed by atoms with Gasteiger partial charge in [0, 0.05) is 4.47 Å². The molecular weight excluding hydrogens is 308 g/mol. The zero-order valence-corrected chi connectivity index (χ0v) is 12.4.